The Kier molecular flexibility index (Phi) is 5.00. The molecule has 0 aliphatic heterocycles. The molecule has 5 heteroatoms. The number of carbonyl (C=O) groups is 1. The third-order valence-electron chi connectivity index (χ3n) is 1.65. The molecule has 0 aliphatic rings. The zero-order valence-corrected chi connectivity index (χ0v) is 9.58. The molecule has 0 saturated carbocycles. The maximum atomic E-state index is 10.6. The van der Waals surface area contributed by atoms with Gasteiger partial charge in [-0.15, -0.1) is 11.3 Å². The van der Waals surface area contributed by atoms with Crippen molar-refractivity contribution in [3.63, 3.8) is 0 Å². The number of thioether (sulfide) groups is 1. The molecule has 1 aromatic rings. The number of hydrogen-bond acceptors (Lipinski definition) is 4. The Bertz CT molecular complexity index is 299. The van der Waals surface area contributed by atoms with Crippen LogP contribution in [0.3, 0.4) is 0 Å². The number of carboxylic acids is 1. The molecule has 3 nitrogen and oxygen atoms in total. The van der Waals surface area contributed by atoms with Crippen molar-refractivity contribution in [3.8, 4) is 0 Å². The quantitative estimate of drug-likeness (QED) is 0.734. The first-order valence-electron chi connectivity index (χ1n) is 4.25. The summed E-state index contributed by atoms with van der Waals surface area (Å²) < 4.78 is 0. The number of thiophene rings is 1. The molecule has 0 aromatic carbocycles. The van der Waals surface area contributed by atoms with E-state index in [1.54, 1.807) is 17.8 Å². The third kappa shape index (κ3) is 3.69. The molecule has 0 aliphatic carbocycles. The van der Waals surface area contributed by atoms with Gasteiger partial charge in [-0.05, 0) is 18.4 Å². The average Bonchev–Trinajstić information content (AvgIpc) is 2.61. The van der Waals surface area contributed by atoms with Gasteiger partial charge in [0.05, 0.1) is 0 Å². The van der Waals surface area contributed by atoms with E-state index in [9.17, 15) is 4.79 Å². The topological polar surface area (TPSA) is 49.3 Å². The van der Waals surface area contributed by atoms with E-state index in [0.29, 0.717) is 4.88 Å². The SMILES string of the molecule is CSCCNCc1ccc(C(=O)O)s1. The van der Waals surface area contributed by atoms with Crippen LogP contribution >= 0.6 is 23.1 Å². The van der Waals surface area contributed by atoms with E-state index in [1.807, 2.05) is 6.07 Å². The van der Waals surface area contributed by atoms with Crippen LogP contribution in [0.1, 0.15) is 14.5 Å². The largest absolute Gasteiger partial charge is 0.477 e. The van der Waals surface area contributed by atoms with Gasteiger partial charge in [0.15, 0.2) is 0 Å². The Morgan fingerprint density at radius 1 is 1.64 bits per heavy atom. The number of hydrogen-bond donors (Lipinski definition) is 2. The van der Waals surface area contributed by atoms with Gasteiger partial charge >= 0.3 is 5.97 Å². The maximum absolute atomic E-state index is 10.6. The minimum absolute atomic E-state index is 0.409. The molecule has 0 spiro atoms. The van der Waals surface area contributed by atoms with E-state index in [2.05, 4.69) is 11.6 Å². The minimum atomic E-state index is -0.842. The molecular weight excluding hydrogens is 218 g/mol. The molecule has 0 unspecified atom stereocenters. The lowest BCUT2D eigenvalue weighted by molar-refractivity contribution is 0.0702. The van der Waals surface area contributed by atoms with Gasteiger partial charge in [-0.3, -0.25) is 0 Å². The Morgan fingerprint density at radius 3 is 3.00 bits per heavy atom. The Labute approximate surface area is 91.5 Å². The van der Waals surface area contributed by atoms with E-state index in [-0.39, 0.29) is 0 Å². The normalized spacial score (nSPS) is 10.4. The van der Waals surface area contributed by atoms with Gasteiger partial charge in [-0.25, -0.2) is 4.79 Å². The molecule has 0 atom stereocenters. The fraction of sp³-hybridized carbons (Fsp3) is 0.444. The Morgan fingerprint density at radius 2 is 2.43 bits per heavy atom. The number of nitrogens with one attached hydrogen (secondary N) is 1. The zero-order valence-electron chi connectivity index (χ0n) is 7.95. The summed E-state index contributed by atoms with van der Waals surface area (Å²) in [6.45, 7) is 1.72. The van der Waals surface area contributed by atoms with Gasteiger partial charge in [-0.1, -0.05) is 0 Å². The molecule has 14 heavy (non-hydrogen) atoms. The number of rotatable bonds is 6. The number of aromatic carboxylic acids is 1. The lowest BCUT2D eigenvalue weighted by Gasteiger charge is -1.99. The fourth-order valence-electron chi connectivity index (χ4n) is 0.974. The van der Waals surface area contributed by atoms with Gasteiger partial charge in [0, 0.05) is 23.7 Å². The molecule has 78 valence electrons. The molecular formula is C9H13NO2S2. The van der Waals surface area contributed by atoms with E-state index >= 15 is 0 Å². The summed E-state index contributed by atoms with van der Waals surface area (Å²) in [7, 11) is 0. The molecule has 0 fully saturated rings. The van der Waals surface area contributed by atoms with E-state index in [4.69, 9.17) is 5.11 Å². The van der Waals surface area contributed by atoms with E-state index in [1.165, 1.54) is 11.3 Å². The lowest BCUT2D eigenvalue weighted by atomic mass is 10.4. The maximum Gasteiger partial charge on any atom is 0.345 e. The molecule has 1 aromatic heterocycles. The van der Waals surface area contributed by atoms with Crippen LogP contribution in [0.2, 0.25) is 0 Å². The number of carboxylic acid groups (broad SMARTS) is 1. The van der Waals surface area contributed by atoms with Crippen molar-refractivity contribution in [2.45, 2.75) is 6.54 Å². The second kappa shape index (κ2) is 6.06. The smallest absolute Gasteiger partial charge is 0.345 e. The highest BCUT2D eigenvalue weighted by Crippen LogP contribution is 2.15. The molecule has 0 saturated heterocycles. The first-order chi connectivity index (χ1) is 6.74. The second-order valence-corrected chi connectivity index (χ2v) is 4.89. The monoisotopic (exact) mass is 231 g/mol. The van der Waals surface area contributed by atoms with Crippen LogP contribution in [0.4, 0.5) is 0 Å². The van der Waals surface area contributed by atoms with Crippen LogP contribution in [-0.2, 0) is 6.54 Å². The fourth-order valence-corrected chi connectivity index (χ4v) is 2.14. The third-order valence-corrected chi connectivity index (χ3v) is 3.34. The van der Waals surface area contributed by atoms with Gasteiger partial charge in [0.1, 0.15) is 4.88 Å². The van der Waals surface area contributed by atoms with Gasteiger partial charge in [-0.2, -0.15) is 11.8 Å². The summed E-state index contributed by atoms with van der Waals surface area (Å²) in [6.07, 6.45) is 2.06. The Balaban J connectivity index is 2.33. The van der Waals surface area contributed by atoms with Crippen molar-refractivity contribution in [2.24, 2.45) is 0 Å². The van der Waals surface area contributed by atoms with Crippen molar-refractivity contribution in [1.82, 2.24) is 5.32 Å². The average molecular weight is 231 g/mol. The minimum Gasteiger partial charge on any atom is -0.477 e. The molecule has 0 bridgehead atoms. The van der Waals surface area contributed by atoms with Crippen LogP contribution < -0.4 is 5.32 Å². The highest BCUT2D eigenvalue weighted by molar-refractivity contribution is 7.98. The lowest BCUT2D eigenvalue weighted by Crippen LogP contribution is -2.15. The predicted molar refractivity (Wildman–Crippen MR) is 61.4 cm³/mol. The summed E-state index contributed by atoms with van der Waals surface area (Å²) in [5.74, 6) is 0.238. The van der Waals surface area contributed by atoms with E-state index < -0.39 is 5.97 Å². The van der Waals surface area contributed by atoms with Crippen molar-refractivity contribution in [3.05, 3.63) is 21.9 Å². The first-order valence-corrected chi connectivity index (χ1v) is 6.46. The molecule has 2 N–H and O–H groups in total. The van der Waals surface area contributed by atoms with Gasteiger partial charge < -0.3 is 10.4 Å². The van der Waals surface area contributed by atoms with Crippen LogP contribution in [0, 0.1) is 0 Å². The summed E-state index contributed by atoms with van der Waals surface area (Å²) in [4.78, 5) is 12.1. The molecule has 0 amide bonds. The van der Waals surface area contributed by atoms with Crippen LogP contribution in [-0.4, -0.2) is 29.6 Å². The Hall–Kier alpha value is -0.520. The van der Waals surface area contributed by atoms with E-state index in [0.717, 1.165) is 23.7 Å². The highest BCUT2D eigenvalue weighted by Gasteiger charge is 2.05. The predicted octanol–water partition coefficient (Wildman–Crippen LogP) is 1.90. The summed E-state index contributed by atoms with van der Waals surface area (Å²) in [5, 5.41) is 11.9. The van der Waals surface area contributed by atoms with Gasteiger partial charge in [0.2, 0.25) is 0 Å². The zero-order chi connectivity index (χ0) is 10.4. The molecule has 1 heterocycles. The first kappa shape index (κ1) is 11.6. The summed E-state index contributed by atoms with van der Waals surface area (Å²) in [5.41, 5.74) is 0. The molecule has 0 radical (unpaired) electrons. The summed E-state index contributed by atoms with van der Waals surface area (Å²) >= 11 is 3.12. The second-order valence-electron chi connectivity index (χ2n) is 2.74. The molecule has 1 rings (SSSR count). The standard InChI is InChI=1S/C9H13NO2S2/c1-13-5-4-10-6-7-2-3-8(14-7)9(11)12/h2-3,10H,4-6H2,1H3,(H,11,12). The van der Waals surface area contributed by atoms with Crippen LogP contribution in [0.5, 0.6) is 0 Å². The van der Waals surface area contributed by atoms with Crippen LogP contribution in [0.15, 0.2) is 12.1 Å². The van der Waals surface area contributed by atoms with Gasteiger partial charge in [0.25, 0.3) is 0 Å². The van der Waals surface area contributed by atoms with Crippen molar-refractivity contribution >= 4 is 29.1 Å². The van der Waals surface area contributed by atoms with Crippen molar-refractivity contribution in [1.29, 1.82) is 0 Å². The van der Waals surface area contributed by atoms with Crippen LogP contribution in [0.25, 0.3) is 0 Å². The highest BCUT2D eigenvalue weighted by atomic mass is 32.2. The summed E-state index contributed by atoms with van der Waals surface area (Å²) in [6, 6.07) is 3.51. The van der Waals surface area contributed by atoms with Crippen molar-refractivity contribution in [2.75, 3.05) is 18.6 Å². The van der Waals surface area contributed by atoms with Crippen molar-refractivity contribution < 1.29 is 9.90 Å².